The first-order valence-electron chi connectivity index (χ1n) is 10.6. The molecule has 0 aliphatic heterocycles. The second-order valence-corrected chi connectivity index (χ2v) is 7.03. The van der Waals surface area contributed by atoms with Crippen LogP contribution in [0.25, 0.3) is 0 Å². The molecule has 0 radical (unpaired) electrons. The van der Waals surface area contributed by atoms with Crippen LogP contribution in [0, 0.1) is 0 Å². The zero-order valence-corrected chi connectivity index (χ0v) is 21.3. The molecule has 0 bridgehead atoms. The lowest BCUT2D eigenvalue weighted by Gasteiger charge is -2.39. The Balaban J connectivity index is -0.000000489. The minimum atomic E-state index is -0.578. The Kier molecular flexibility index (Phi) is 25.9. The lowest BCUT2D eigenvalue weighted by Crippen LogP contribution is -3.00. The van der Waals surface area contributed by atoms with Gasteiger partial charge in [-0.25, -0.2) is 9.59 Å². The SMILES string of the molecule is CCCC[N+](CCCC)(CCCC)CCCC.COC(=O)/C=C\C(=O)OC.[I-]. The van der Waals surface area contributed by atoms with Gasteiger partial charge in [-0.05, 0) is 25.7 Å². The molecule has 0 fully saturated rings. The average Bonchev–Trinajstić information content (AvgIpc) is 2.71. The Morgan fingerprint density at radius 2 is 0.893 bits per heavy atom. The number of methoxy groups -OCH3 is 2. The van der Waals surface area contributed by atoms with Gasteiger partial charge in [-0.3, -0.25) is 0 Å². The molecule has 0 aliphatic rings. The molecule has 0 aromatic heterocycles. The lowest BCUT2D eigenvalue weighted by atomic mass is 10.1. The van der Waals surface area contributed by atoms with E-state index in [1.807, 2.05) is 0 Å². The van der Waals surface area contributed by atoms with Crippen molar-refractivity contribution in [2.24, 2.45) is 0 Å². The number of halogens is 1. The van der Waals surface area contributed by atoms with Crippen LogP contribution in [0.1, 0.15) is 79.1 Å². The summed E-state index contributed by atoms with van der Waals surface area (Å²) >= 11 is 0. The normalized spacial score (nSPS) is 10.6. The number of nitrogens with zero attached hydrogens (tertiary/aromatic N) is 1. The number of carbonyl (C=O) groups excluding carboxylic acids is 2. The molecule has 168 valence electrons. The van der Waals surface area contributed by atoms with Gasteiger partial charge in [-0.1, -0.05) is 53.4 Å². The van der Waals surface area contributed by atoms with Crippen LogP contribution in [-0.2, 0) is 19.1 Å². The number of carbonyl (C=O) groups is 2. The fraction of sp³-hybridized carbons (Fsp3) is 0.818. The van der Waals surface area contributed by atoms with Gasteiger partial charge in [0.2, 0.25) is 0 Å². The molecule has 5 nitrogen and oxygen atoms in total. The van der Waals surface area contributed by atoms with Crippen LogP contribution in [0.5, 0.6) is 0 Å². The van der Waals surface area contributed by atoms with Crippen molar-refractivity contribution in [3.63, 3.8) is 0 Å². The molecular formula is C22H44INO4. The fourth-order valence-corrected chi connectivity index (χ4v) is 2.92. The Morgan fingerprint density at radius 1 is 0.643 bits per heavy atom. The number of esters is 2. The Morgan fingerprint density at radius 3 is 1.07 bits per heavy atom. The monoisotopic (exact) mass is 513 g/mol. The van der Waals surface area contributed by atoms with Crippen molar-refractivity contribution in [2.75, 3.05) is 40.4 Å². The van der Waals surface area contributed by atoms with Crippen molar-refractivity contribution in [1.82, 2.24) is 0 Å². The minimum absolute atomic E-state index is 0. The molecule has 0 amide bonds. The highest BCUT2D eigenvalue weighted by molar-refractivity contribution is 5.91. The topological polar surface area (TPSA) is 52.6 Å². The number of rotatable bonds is 14. The van der Waals surface area contributed by atoms with Crippen molar-refractivity contribution in [2.45, 2.75) is 79.1 Å². The number of quaternary nitrogens is 1. The predicted molar refractivity (Wildman–Crippen MR) is 113 cm³/mol. The fourth-order valence-electron chi connectivity index (χ4n) is 2.92. The summed E-state index contributed by atoms with van der Waals surface area (Å²) in [6, 6.07) is 0. The van der Waals surface area contributed by atoms with E-state index < -0.39 is 11.9 Å². The maximum Gasteiger partial charge on any atom is 0.330 e. The molecular weight excluding hydrogens is 469 g/mol. The zero-order valence-electron chi connectivity index (χ0n) is 19.1. The van der Waals surface area contributed by atoms with Crippen LogP contribution in [-0.4, -0.2) is 56.8 Å². The molecule has 0 N–H and O–H groups in total. The van der Waals surface area contributed by atoms with Crippen LogP contribution in [0.2, 0.25) is 0 Å². The van der Waals surface area contributed by atoms with Gasteiger partial charge in [0.15, 0.2) is 0 Å². The standard InChI is InChI=1S/C16H36N.C6H8O4.HI/c1-5-9-13-17(14-10-6-2,15-11-7-3)16-12-8-4;1-9-5(7)3-4-6(8)10-2;/h5-16H2,1-4H3;3-4H,1-2H3;1H/q+1;;/p-1/b;4-3-;. The van der Waals surface area contributed by atoms with Gasteiger partial charge in [-0.2, -0.15) is 0 Å². The maximum atomic E-state index is 10.3. The summed E-state index contributed by atoms with van der Waals surface area (Å²) in [4.78, 5) is 20.6. The first kappa shape index (κ1) is 32.0. The molecule has 0 aliphatic carbocycles. The van der Waals surface area contributed by atoms with Gasteiger partial charge in [0.05, 0.1) is 40.4 Å². The average molecular weight is 514 g/mol. The molecule has 0 atom stereocenters. The van der Waals surface area contributed by atoms with Gasteiger partial charge in [0.1, 0.15) is 0 Å². The highest BCUT2D eigenvalue weighted by Gasteiger charge is 2.24. The van der Waals surface area contributed by atoms with Crippen LogP contribution < -0.4 is 24.0 Å². The molecule has 28 heavy (non-hydrogen) atoms. The molecule has 0 spiro atoms. The molecule has 0 heterocycles. The molecule has 0 saturated carbocycles. The Bertz CT molecular complexity index is 344. The number of unbranched alkanes of at least 4 members (excludes halogenated alkanes) is 4. The number of hydrogen-bond acceptors (Lipinski definition) is 4. The third-order valence-electron chi connectivity index (χ3n) is 4.70. The third kappa shape index (κ3) is 18.7. The van der Waals surface area contributed by atoms with Gasteiger partial charge in [0.25, 0.3) is 0 Å². The van der Waals surface area contributed by atoms with Crippen LogP contribution in [0.4, 0.5) is 0 Å². The van der Waals surface area contributed by atoms with E-state index in [0.717, 1.165) is 12.2 Å². The third-order valence-corrected chi connectivity index (χ3v) is 4.70. The van der Waals surface area contributed by atoms with Crippen molar-refractivity contribution in [1.29, 1.82) is 0 Å². The summed E-state index contributed by atoms with van der Waals surface area (Å²) in [6.07, 6.45) is 13.0. The van der Waals surface area contributed by atoms with Gasteiger partial charge in [-0.15, -0.1) is 0 Å². The van der Waals surface area contributed by atoms with Crippen LogP contribution in [0.15, 0.2) is 12.2 Å². The first-order chi connectivity index (χ1) is 12.9. The van der Waals surface area contributed by atoms with E-state index in [4.69, 9.17) is 0 Å². The number of hydrogen-bond donors (Lipinski definition) is 0. The molecule has 0 unspecified atom stereocenters. The van der Waals surface area contributed by atoms with E-state index in [9.17, 15) is 9.59 Å². The van der Waals surface area contributed by atoms with Crippen LogP contribution >= 0.6 is 0 Å². The summed E-state index contributed by atoms with van der Waals surface area (Å²) < 4.78 is 9.84. The molecule has 0 aromatic rings. The Labute approximate surface area is 190 Å². The minimum Gasteiger partial charge on any atom is -1.00 e. The maximum absolute atomic E-state index is 10.3. The molecule has 0 aromatic carbocycles. The van der Waals surface area contributed by atoms with Gasteiger partial charge in [0, 0.05) is 12.2 Å². The summed E-state index contributed by atoms with van der Waals surface area (Å²) in [7, 11) is 2.45. The van der Waals surface area contributed by atoms with Gasteiger partial charge < -0.3 is 37.9 Å². The van der Waals surface area contributed by atoms with E-state index in [1.165, 1.54) is 96.2 Å². The van der Waals surface area contributed by atoms with E-state index in [2.05, 4.69) is 37.2 Å². The molecule has 0 rings (SSSR count). The highest BCUT2D eigenvalue weighted by atomic mass is 127. The zero-order chi connectivity index (χ0) is 21.0. The highest BCUT2D eigenvalue weighted by Crippen LogP contribution is 2.16. The smallest absolute Gasteiger partial charge is 0.330 e. The van der Waals surface area contributed by atoms with E-state index in [0.29, 0.717) is 0 Å². The summed E-state index contributed by atoms with van der Waals surface area (Å²) in [5, 5.41) is 0. The molecule has 6 heteroatoms. The second-order valence-electron chi connectivity index (χ2n) is 7.03. The predicted octanol–water partition coefficient (Wildman–Crippen LogP) is 1.90. The Hall–Kier alpha value is -0.630. The van der Waals surface area contributed by atoms with Crippen LogP contribution in [0.3, 0.4) is 0 Å². The summed E-state index contributed by atoms with van der Waals surface area (Å²) in [6.45, 7) is 15.0. The summed E-state index contributed by atoms with van der Waals surface area (Å²) in [5.41, 5.74) is 0. The second kappa shape index (κ2) is 22.7. The van der Waals surface area contributed by atoms with Gasteiger partial charge >= 0.3 is 11.9 Å². The summed E-state index contributed by atoms with van der Waals surface area (Å²) in [5.74, 6) is -1.16. The molecule has 0 saturated heterocycles. The van der Waals surface area contributed by atoms with E-state index in [-0.39, 0.29) is 24.0 Å². The van der Waals surface area contributed by atoms with Crippen molar-refractivity contribution in [3.8, 4) is 0 Å². The number of ether oxygens (including phenoxy) is 2. The lowest BCUT2D eigenvalue weighted by molar-refractivity contribution is -0.929. The van der Waals surface area contributed by atoms with Crippen molar-refractivity contribution >= 4 is 11.9 Å². The van der Waals surface area contributed by atoms with E-state index >= 15 is 0 Å². The van der Waals surface area contributed by atoms with Crippen molar-refractivity contribution < 1.29 is 47.5 Å². The first-order valence-corrected chi connectivity index (χ1v) is 10.6. The largest absolute Gasteiger partial charge is 1.00 e. The quantitative estimate of drug-likeness (QED) is 0.154. The van der Waals surface area contributed by atoms with E-state index in [1.54, 1.807) is 0 Å². The van der Waals surface area contributed by atoms with Crippen molar-refractivity contribution in [3.05, 3.63) is 12.2 Å².